The fraction of sp³-hybridized carbons (Fsp3) is 0.625. The number of aromatic nitrogens is 1. The minimum atomic E-state index is -0.748. The van der Waals surface area contributed by atoms with E-state index in [4.69, 9.17) is 4.74 Å². The van der Waals surface area contributed by atoms with Crippen molar-refractivity contribution < 1.29 is 14.6 Å². The summed E-state index contributed by atoms with van der Waals surface area (Å²) < 4.78 is 5.38. The quantitative estimate of drug-likeness (QED) is 0.841. The second kappa shape index (κ2) is 6.89. The van der Waals surface area contributed by atoms with Crippen molar-refractivity contribution in [2.45, 2.75) is 38.7 Å². The monoisotopic (exact) mass is 292 g/mol. The van der Waals surface area contributed by atoms with E-state index < -0.39 is 11.5 Å². The molecule has 1 aromatic heterocycles. The van der Waals surface area contributed by atoms with Crippen LogP contribution in [0.3, 0.4) is 0 Å². The van der Waals surface area contributed by atoms with E-state index in [1.54, 1.807) is 6.20 Å². The van der Waals surface area contributed by atoms with Crippen LogP contribution in [0.15, 0.2) is 24.4 Å². The Hall–Kier alpha value is -1.62. The van der Waals surface area contributed by atoms with Crippen molar-refractivity contribution in [3.05, 3.63) is 24.4 Å². The van der Waals surface area contributed by atoms with Crippen LogP contribution in [0.1, 0.15) is 32.6 Å². The van der Waals surface area contributed by atoms with Gasteiger partial charge in [0.25, 0.3) is 0 Å². The third kappa shape index (κ3) is 3.73. The Labute approximate surface area is 125 Å². The first-order valence-corrected chi connectivity index (χ1v) is 7.51. The number of aliphatic hydroxyl groups is 1. The molecule has 2 rings (SSSR count). The average Bonchev–Trinajstić information content (AvgIpc) is 2.51. The van der Waals surface area contributed by atoms with Gasteiger partial charge in [-0.15, -0.1) is 0 Å². The summed E-state index contributed by atoms with van der Waals surface area (Å²) in [5.74, 6) is 0.557. The predicted octanol–water partition coefficient (Wildman–Crippen LogP) is 2.00. The SMILES string of the molecule is CN(CCOC(=O)[C@@]1(C)CCCC[C@H]1O)c1ccccn1. The van der Waals surface area contributed by atoms with Crippen LogP contribution in [0, 0.1) is 5.41 Å². The maximum atomic E-state index is 12.2. The highest BCUT2D eigenvalue weighted by atomic mass is 16.5. The van der Waals surface area contributed by atoms with Crippen LogP contribution in [0.2, 0.25) is 0 Å². The van der Waals surface area contributed by atoms with Gasteiger partial charge in [-0.25, -0.2) is 4.98 Å². The summed E-state index contributed by atoms with van der Waals surface area (Å²) >= 11 is 0. The summed E-state index contributed by atoms with van der Waals surface area (Å²) in [6.45, 7) is 2.69. The number of hydrogen-bond donors (Lipinski definition) is 1. The van der Waals surface area contributed by atoms with Gasteiger partial charge in [-0.2, -0.15) is 0 Å². The molecule has 1 fully saturated rings. The average molecular weight is 292 g/mol. The van der Waals surface area contributed by atoms with E-state index in [9.17, 15) is 9.90 Å². The lowest BCUT2D eigenvalue weighted by Gasteiger charge is -2.36. The number of carbonyl (C=O) groups excluding carboxylic acids is 1. The molecule has 0 radical (unpaired) electrons. The highest BCUT2D eigenvalue weighted by Crippen LogP contribution is 2.37. The molecular weight excluding hydrogens is 268 g/mol. The zero-order valence-corrected chi connectivity index (χ0v) is 12.8. The van der Waals surface area contributed by atoms with Crippen molar-refractivity contribution in [3.63, 3.8) is 0 Å². The van der Waals surface area contributed by atoms with E-state index in [2.05, 4.69) is 4.98 Å². The van der Waals surface area contributed by atoms with Crippen molar-refractivity contribution >= 4 is 11.8 Å². The summed E-state index contributed by atoms with van der Waals surface area (Å²) in [4.78, 5) is 18.4. The highest BCUT2D eigenvalue weighted by molar-refractivity contribution is 5.77. The second-order valence-corrected chi connectivity index (χ2v) is 5.92. The Balaban J connectivity index is 1.81. The van der Waals surface area contributed by atoms with Gasteiger partial charge in [0.15, 0.2) is 0 Å². The highest BCUT2D eigenvalue weighted by Gasteiger charge is 2.43. The third-order valence-corrected chi connectivity index (χ3v) is 4.33. The Morgan fingerprint density at radius 2 is 2.33 bits per heavy atom. The molecule has 1 N–H and O–H groups in total. The van der Waals surface area contributed by atoms with Gasteiger partial charge in [0.1, 0.15) is 12.4 Å². The molecule has 0 amide bonds. The van der Waals surface area contributed by atoms with E-state index >= 15 is 0 Å². The van der Waals surface area contributed by atoms with Crippen molar-refractivity contribution in [1.82, 2.24) is 4.98 Å². The maximum absolute atomic E-state index is 12.2. The Bertz CT molecular complexity index is 466. The Kier molecular flexibility index (Phi) is 5.17. The molecule has 21 heavy (non-hydrogen) atoms. The van der Waals surface area contributed by atoms with E-state index in [0.717, 1.165) is 18.7 Å². The standard InChI is InChI=1S/C16H24N2O3/c1-16(9-5-3-7-13(16)19)15(20)21-12-11-18(2)14-8-4-6-10-17-14/h4,6,8,10,13,19H,3,5,7,9,11-12H2,1-2H3/t13-,16+/m1/s1. The molecule has 1 heterocycles. The van der Waals surface area contributed by atoms with Crippen LogP contribution in [0.5, 0.6) is 0 Å². The van der Waals surface area contributed by atoms with Gasteiger partial charge in [0.05, 0.1) is 18.1 Å². The molecule has 0 bridgehead atoms. The molecule has 0 unspecified atom stereocenters. The van der Waals surface area contributed by atoms with Crippen molar-refractivity contribution in [3.8, 4) is 0 Å². The normalized spacial score (nSPS) is 25.4. The fourth-order valence-electron chi connectivity index (χ4n) is 2.69. The van der Waals surface area contributed by atoms with Crippen LogP contribution in [0.4, 0.5) is 5.82 Å². The number of hydrogen-bond acceptors (Lipinski definition) is 5. The van der Waals surface area contributed by atoms with Gasteiger partial charge in [-0.05, 0) is 31.9 Å². The van der Waals surface area contributed by atoms with Crippen LogP contribution >= 0.6 is 0 Å². The minimum absolute atomic E-state index is 0.288. The lowest BCUT2D eigenvalue weighted by atomic mass is 9.73. The van der Waals surface area contributed by atoms with Crippen molar-refractivity contribution in [2.75, 3.05) is 25.1 Å². The van der Waals surface area contributed by atoms with E-state index in [0.29, 0.717) is 26.0 Å². The molecule has 2 atom stereocenters. The smallest absolute Gasteiger partial charge is 0.314 e. The van der Waals surface area contributed by atoms with Gasteiger partial charge in [-0.3, -0.25) is 4.79 Å². The number of nitrogens with zero attached hydrogens (tertiary/aromatic N) is 2. The van der Waals surface area contributed by atoms with E-state index in [-0.39, 0.29) is 5.97 Å². The molecule has 116 valence electrons. The lowest BCUT2D eigenvalue weighted by Crippen LogP contribution is -2.44. The number of ether oxygens (including phenoxy) is 1. The van der Waals surface area contributed by atoms with Gasteiger partial charge in [0, 0.05) is 13.2 Å². The topological polar surface area (TPSA) is 62.7 Å². The van der Waals surface area contributed by atoms with Crippen molar-refractivity contribution in [2.24, 2.45) is 5.41 Å². The number of likely N-dealkylation sites (N-methyl/N-ethyl adjacent to an activating group) is 1. The number of carbonyl (C=O) groups is 1. The fourth-order valence-corrected chi connectivity index (χ4v) is 2.69. The first-order valence-electron chi connectivity index (χ1n) is 7.51. The van der Waals surface area contributed by atoms with Crippen molar-refractivity contribution in [1.29, 1.82) is 0 Å². The zero-order valence-electron chi connectivity index (χ0n) is 12.8. The van der Waals surface area contributed by atoms with Crippen LogP contribution in [-0.2, 0) is 9.53 Å². The molecule has 0 spiro atoms. The number of rotatable bonds is 5. The summed E-state index contributed by atoms with van der Waals surface area (Å²) in [6.07, 6.45) is 4.47. The van der Waals surface area contributed by atoms with Gasteiger partial charge < -0.3 is 14.7 Å². The van der Waals surface area contributed by atoms with E-state index in [1.165, 1.54) is 0 Å². The van der Waals surface area contributed by atoms with Gasteiger partial charge in [0.2, 0.25) is 0 Å². The summed E-state index contributed by atoms with van der Waals surface area (Å²) in [5.41, 5.74) is -0.748. The molecule has 1 aliphatic rings. The third-order valence-electron chi connectivity index (χ3n) is 4.33. The first-order chi connectivity index (χ1) is 10.0. The zero-order chi connectivity index (χ0) is 15.3. The molecule has 0 aliphatic heterocycles. The summed E-state index contributed by atoms with van der Waals surface area (Å²) in [5, 5.41) is 10.1. The first kappa shape index (κ1) is 15.8. The van der Waals surface area contributed by atoms with Gasteiger partial charge >= 0.3 is 5.97 Å². The predicted molar refractivity (Wildman–Crippen MR) is 81.0 cm³/mol. The number of esters is 1. The molecule has 5 heteroatoms. The largest absolute Gasteiger partial charge is 0.463 e. The molecule has 0 saturated heterocycles. The Morgan fingerprint density at radius 3 is 3.00 bits per heavy atom. The second-order valence-electron chi connectivity index (χ2n) is 5.92. The molecule has 5 nitrogen and oxygen atoms in total. The number of anilines is 1. The molecular formula is C16H24N2O3. The summed E-state index contributed by atoms with van der Waals surface area (Å²) in [6, 6.07) is 5.70. The van der Waals surface area contributed by atoms with Crippen LogP contribution in [-0.4, -0.2) is 42.4 Å². The van der Waals surface area contributed by atoms with Gasteiger partial charge in [-0.1, -0.05) is 18.9 Å². The van der Waals surface area contributed by atoms with Crippen LogP contribution < -0.4 is 4.90 Å². The molecule has 0 aromatic carbocycles. The molecule has 1 aliphatic carbocycles. The minimum Gasteiger partial charge on any atom is -0.463 e. The maximum Gasteiger partial charge on any atom is 0.314 e. The number of aliphatic hydroxyl groups excluding tert-OH is 1. The lowest BCUT2D eigenvalue weighted by molar-refractivity contribution is -0.164. The Morgan fingerprint density at radius 1 is 1.52 bits per heavy atom. The number of pyridine rings is 1. The van der Waals surface area contributed by atoms with E-state index in [1.807, 2.05) is 37.1 Å². The summed E-state index contributed by atoms with van der Waals surface area (Å²) in [7, 11) is 1.91. The molecule has 1 saturated carbocycles. The van der Waals surface area contributed by atoms with Crippen LogP contribution in [0.25, 0.3) is 0 Å². The molecule has 1 aromatic rings.